The van der Waals surface area contributed by atoms with Crippen LogP contribution < -0.4 is 10.1 Å². The van der Waals surface area contributed by atoms with Gasteiger partial charge in [-0.1, -0.05) is 41.7 Å². The summed E-state index contributed by atoms with van der Waals surface area (Å²) in [5, 5.41) is 11.6. The summed E-state index contributed by atoms with van der Waals surface area (Å²) in [6.07, 6.45) is 0.538. The molecule has 0 bridgehead atoms. The Labute approximate surface area is 176 Å². The van der Waals surface area contributed by atoms with Gasteiger partial charge in [-0.3, -0.25) is 24.6 Å². The second-order valence-corrected chi connectivity index (χ2v) is 7.67. The minimum Gasteiger partial charge on any atom is -0.493 e. The standard InChI is InChI=1S/C21H18N4O4S/c1-13(25-19(27)15-9-5-6-10-16(15)20(25)28)18(26)22-21-24-23-17(30-21)11-12-29-14-7-3-2-4-8-14/h2-10,13H,11-12H2,1H3,(H,22,24,26). The fraction of sp³-hybridized carbons (Fsp3) is 0.190. The van der Waals surface area contributed by atoms with Crippen molar-refractivity contribution < 1.29 is 19.1 Å². The lowest BCUT2D eigenvalue weighted by Gasteiger charge is -2.20. The van der Waals surface area contributed by atoms with E-state index in [1.807, 2.05) is 30.3 Å². The maximum atomic E-state index is 12.6. The van der Waals surface area contributed by atoms with Crippen LogP contribution in [0.25, 0.3) is 0 Å². The van der Waals surface area contributed by atoms with E-state index in [4.69, 9.17) is 4.74 Å². The normalized spacial score (nSPS) is 13.8. The average Bonchev–Trinajstić information content (AvgIpc) is 3.31. The maximum absolute atomic E-state index is 12.6. The van der Waals surface area contributed by atoms with E-state index in [-0.39, 0.29) is 0 Å². The van der Waals surface area contributed by atoms with Crippen LogP contribution in [-0.2, 0) is 11.2 Å². The molecule has 2 heterocycles. The molecule has 0 saturated heterocycles. The Balaban J connectivity index is 1.34. The van der Waals surface area contributed by atoms with Gasteiger partial charge in [0.1, 0.15) is 16.8 Å². The highest BCUT2D eigenvalue weighted by Crippen LogP contribution is 2.25. The van der Waals surface area contributed by atoms with Gasteiger partial charge in [0.05, 0.1) is 17.7 Å². The molecule has 1 aliphatic rings. The first kappa shape index (κ1) is 19.7. The highest BCUT2D eigenvalue weighted by molar-refractivity contribution is 7.15. The summed E-state index contributed by atoms with van der Waals surface area (Å²) in [5.74, 6) is -0.693. The van der Waals surface area contributed by atoms with Crippen LogP contribution in [0.4, 0.5) is 5.13 Å². The van der Waals surface area contributed by atoms with E-state index in [9.17, 15) is 14.4 Å². The molecule has 1 aliphatic heterocycles. The number of carbonyl (C=O) groups excluding carboxylic acids is 3. The third kappa shape index (κ3) is 3.92. The van der Waals surface area contributed by atoms with Crippen molar-refractivity contribution in [3.63, 3.8) is 0 Å². The molecule has 4 rings (SSSR count). The minimum absolute atomic E-state index is 0.304. The van der Waals surface area contributed by atoms with Crippen LogP contribution in [0.1, 0.15) is 32.6 Å². The van der Waals surface area contributed by atoms with Gasteiger partial charge < -0.3 is 4.74 Å². The molecule has 1 N–H and O–H groups in total. The maximum Gasteiger partial charge on any atom is 0.262 e. The Morgan fingerprint density at radius 1 is 1.03 bits per heavy atom. The predicted octanol–water partition coefficient (Wildman–Crippen LogP) is 2.78. The number of nitrogens with one attached hydrogen (secondary N) is 1. The summed E-state index contributed by atoms with van der Waals surface area (Å²) in [4.78, 5) is 38.6. The van der Waals surface area contributed by atoms with Crippen molar-refractivity contribution >= 4 is 34.2 Å². The van der Waals surface area contributed by atoms with E-state index < -0.39 is 23.8 Å². The van der Waals surface area contributed by atoms with Crippen molar-refractivity contribution in [2.75, 3.05) is 11.9 Å². The third-order valence-electron chi connectivity index (χ3n) is 4.62. The number of amides is 3. The molecule has 3 aromatic rings. The molecule has 8 nitrogen and oxygen atoms in total. The quantitative estimate of drug-likeness (QED) is 0.588. The van der Waals surface area contributed by atoms with Crippen molar-refractivity contribution in [1.82, 2.24) is 15.1 Å². The molecule has 0 spiro atoms. The van der Waals surface area contributed by atoms with Crippen molar-refractivity contribution in [3.8, 4) is 5.75 Å². The van der Waals surface area contributed by atoms with Gasteiger partial charge in [-0.05, 0) is 31.2 Å². The molecule has 30 heavy (non-hydrogen) atoms. The molecule has 0 fully saturated rings. The third-order valence-corrected chi connectivity index (χ3v) is 5.52. The fourth-order valence-electron chi connectivity index (χ4n) is 3.06. The molecular weight excluding hydrogens is 404 g/mol. The van der Waals surface area contributed by atoms with Gasteiger partial charge in [0.25, 0.3) is 11.8 Å². The molecule has 1 aromatic heterocycles. The predicted molar refractivity (Wildman–Crippen MR) is 111 cm³/mol. The van der Waals surface area contributed by atoms with Gasteiger partial charge >= 0.3 is 0 Å². The van der Waals surface area contributed by atoms with Gasteiger partial charge in [0, 0.05) is 6.42 Å². The zero-order valence-electron chi connectivity index (χ0n) is 16.1. The number of aromatic nitrogens is 2. The molecule has 0 radical (unpaired) electrons. The summed E-state index contributed by atoms with van der Waals surface area (Å²) in [6.45, 7) is 1.94. The second-order valence-electron chi connectivity index (χ2n) is 6.60. The molecule has 9 heteroatoms. The second kappa shape index (κ2) is 8.42. The Bertz CT molecular complexity index is 1060. The Morgan fingerprint density at radius 2 is 1.67 bits per heavy atom. The van der Waals surface area contributed by atoms with Crippen LogP contribution in [0, 0.1) is 0 Å². The van der Waals surface area contributed by atoms with Gasteiger partial charge in [-0.15, -0.1) is 10.2 Å². The number of anilines is 1. The number of carbonyl (C=O) groups is 3. The molecule has 2 aromatic carbocycles. The molecular formula is C21H18N4O4S. The molecule has 0 aliphatic carbocycles. The Hall–Kier alpha value is -3.59. The van der Waals surface area contributed by atoms with E-state index in [1.165, 1.54) is 18.3 Å². The molecule has 152 valence electrons. The molecule has 1 atom stereocenters. The smallest absolute Gasteiger partial charge is 0.262 e. The molecule has 3 amide bonds. The summed E-state index contributed by atoms with van der Waals surface area (Å²) < 4.78 is 5.63. The van der Waals surface area contributed by atoms with E-state index >= 15 is 0 Å². The lowest BCUT2D eigenvalue weighted by atomic mass is 10.1. The zero-order chi connectivity index (χ0) is 21.1. The first-order chi connectivity index (χ1) is 14.5. The highest BCUT2D eigenvalue weighted by Gasteiger charge is 2.40. The molecule has 1 unspecified atom stereocenters. The van der Waals surface area contributed by atoms with E-state index in [0.717, 1.165) is 10.6 Å². The number of hydrogen-bond acceptors (Lipinski definition) is 7. The van der Waals surface area contributed by atoms with Gasteiger partial charge in [0.2, 0.25) is 11.0 Å². The van der Waals surface area contributed by atoms with Crippen molar-refractivity contribution in [3.05, 3.63) is 70.7 Å². The number of ether oxygens (including phenoxy) is 1. The van der Waals surface area contributed by atoms with Crippen LogP contribution in [0.15, 0.2) is 54.6 Å². The first-order valence-corrected chi connectivity index (χ1v) is 10.1. The van der Waals surface area contributed by atoms with Crippen LogP contribution >= 0.6 is 11.3 Å². The van der Waals surface area contributed by atoms with Gasteiger partial charge in [0.15, 0.2) is 0 Å². The monoisotopic (exact) mass is 422 g/mol. The summed E-state index contributed by atoms with van der Waals surface area (Å²) in [7, 11) is 0. The van der Waals surface area contributed by atoms with E-state index in [0.29, 0.717) is 34.3 Å². The number of imide groups is 1. The number of fused-ring (bicyclic) bond motifs is 1. The van der Waals surface area contributed by atoms with Crippen LogP contribution in [-0.4, -0.2) is 45.5 Å². The lowest BCUT2D eigenvalue weighted by Crippen LogP contribution is -2.45. The van der Waals surface area contributed by atoms with Crippen LogP contribution in [0.5, 0.6) is 5.75 Å². The summed E-state index contributed by atoms with van der Waals surface area (Å²) >= 11 is 1.22. The topological polar surface area (TPSA) is 101 Å². The number of rotatable bonds is 7. The Morgan fingerprint density at radius 3 is 2.33 bits per heavy atom. The zero-order valence-corrected chi connectivity index (χ0v) is 16.9. The average molecular weight is 422 g/mol. The van der Waals surface area contributed by atoms with Gasteiger partial charge in [-0.2, -0.15) is 0 Å². The van der Waals surface area contributed by atoms with Crippen LogP contribution in [0.2, 0.25) is 0 Å². The fourth-order valence-corrected chi connectivity index (χ4v) is 3.79. The Kier molecular flexibility index (Phi) is 5.53. The van der Waals surface area contributed by atoms with E-state index in [2.05, 4.69) is 15.5 Å². The van der Waals surface area contributed by atoms with Crippen LogP contribution in [0.3, 0.4) is 0 Å². The SMILES string of the molecule is CC(C(=O)Nc1nnc(CCOc2ccccc2)s1)N1C(=O)c2ccccc2C1=O. The molecule has 0 saturated carbocycles. The highest BCUT2D eigenvalue weighted by atomic mass is 32.1. The number of para-hydroxylation sites is 1. The van der Waals surface area contributed by atoms with Crippen molar-refractivity contribution in [1.29, 1.82) is 0 Å². The lowest BCUT2D eigenvalue weighted by molar-refractivity contribution is -0.119. The van der Waals surface area contributed by atoms with Crippen molar-refractivity contribution in [2.45, 2.75) is 19.4 Å². The van der Waals surface area contributed by atoms with Crippen molar-refractivity contribution in [2.24, 2.45) is 0 Å². The summed E-state index contributed by atoms with van der Waals surface area (Å²) in [6, 6.07) is 15.0. The van der Waals surface area contributed by atoms with Gasteiger partial charge in [-0.25, -0.2) is 0 Å². The summed E-state index contributed by atoms with van der Waals surface area (Å²) in [5.41, 5.74) is 0.609. The number of hydrogen-bond donors (Lipinski definition) is 1. The number of nitrogens with zero attached hydrogens (tertiary/aromatic N) is 3. The first-order valence-electron chi connectivity index (χ1n) is 9.32. The number of benzene rings is 2. The minimum atomic E-state index is -0.980. The largest absolute Gasteiger partial charge is 0.493 e. The van der Waals surface area contributed by atoms with E-state index in [1.54, 1.807) is 24.3 Å².